The van der Waals surface area contributed by atoms with E-state index in [2.05, 4.69) is 29.5 Å². The SMILES string of the molecule is CCOC(=O)CN=[N+]=[N-].COC(=O)/C(=C/c1ccc(OC)cc1F)N=[N+]=[N-].COc1ccc(C=O)c(F)c1.C[O-].[Na+]. The Morgan fingerprint density at radius 1 is 0.951 bits per heavy atom. The molecule has 0 bridgehead atoms. The molecule has 2 rings (SSSR count). The van der Waals surface area contributed by atoms with Crippen LogP contribution in [0.15, 0.2) is 52.3 Å². The van der Waals surface area contributed by atoms with E-state index in [0.29, 0.717) is 24.4 Å². The minimum atomic E-state index is -0.844. The predicted molar refractivity (Wildman–Crippen MR) is 137 cm³/mol. The van der Waals surface area contributed by atoms with Crippen molar-refractivity contribution < 1.29 is 76.8 Å². The van der Waals surface area contributed by atoms with Crippen LogP contribution in [0.2, 0.25) is 0 Å². The average molecular weight is 589 g/mol. The van der Waals surface area contributed by atoms with Crippen molar-refractivity contribution in [2.24, 2.45) is 10.2 Å². The number of azide groups is 2. The molecule has 0 aliphatic carbocycles. The Kier molecular flexibility index (Phi) is 26.3. The molecule has 0 aliphatic heterocycles. The van der Waals surface area contributed by atoms with Crippen LogP contribution in [-0.2, 0) is 19.1 Å². The predicted octanol–water partition coefficient (Wildman–Crippen LogP) is 1.15. The van der Waals surface area contributed by atoms with Crippen LogP contribution in [0, 0.1) is 11.6 Å². The van der Waals surface area contributed by atoms with Crippen molar-refractivity contribution in [2.45, 2.75) is 6.92 Å². The molecule has 2 aromatic rings. The molecule has 14 nitrogen and oxygen atoms in total. The minimum absolute atomic E-state index is 0. The smallest absolute Gasteiger partial charge is 0.857 e. The zero-order chi connectivity index (χ0) is 30.9. The van der Waals surface area contributed by atoms with E-state index in [0.717, 1.165) is 26.4 Å². The summed E-state index contributed by atoms with van der Waals surface area (Å²) in [6.45, 7) is 1.79. The van der Waals surface area contributed by atoms with E-state index in [1.165, 1.54) is 44.6 Å². The van der Waals surface area contributed by atoms with E-state index in [9.17, 15) is 23.2 Å². The van der Waals surface area contributed by atoms with Crippen molar-refractivity contribution in [2.75, 3.05) is 41.6 Å². The zero-order valence-corrected chi connectivity index (χ0v) is 25.2. The number of esters is 2. The molecule has 41 heavy (non-hydrogen) atoms. The number of rotatable bonds is 9. The van der Waals surface area contributed by atoms with Gasteiger partial charge in [-0.15, -0.1) is 0 Å². The van der Waals surface area contributed by atoms with Crippen molar-refractivity contribution >= 4 is 24.3 Å². The Morgan fingerprint density at radius 2 is 1.46 bits per heavy atom. The number of ether oxygens (including phenoxy) is 4. The first-order valence-corrected chi connectivity index (χ1v) is 10.8. The molecule has 0 heterocycles. The first-order valence-electron chi connectivity index (χ1n) is 10.8. The van der Waals surface area contributed by atoms with Crippen LogP contribution in [0.1, 0.15) is 22.8 Å². The number of nitrogens with zero attached hydrogens (tertiary/aromatic N) is 6. The molecule has 0 saturated carbocycles. The van der Waals surface area contributed by atoms with Crippen molar-refractivity contribution in [3.63, 3.8) is 0 Å². The third-order valence-electron chi connectivity index (χ3n) is 3.95. The fourth-order valence-corrected chi connectivity index (χ4v) is 2.21. The molecule has 0 N–H and O–H groups in total. The summed E-state index contributed by atoms with van der Waals surface area (Å²) in [5.41, 5.74) is 15.8. The summed E-state index contributed by atoms with van der Waals surface area (Å²) >= 11 is 0. The summed E-state index contributed by atoms with van der Waals surface area (Å²) in [6, 6.07) is 8.14. The van der Waals surface area contributed by atoms with Gasteiger partial charge in [-0.3, -0.25) is 9.59 Å². The maximum atomic E-state index is 13.6. The number of carbonyl (C=O) groups excluding carboxylic acids is 3. The molecule has 0 spiro atoms. The van der Waals surface area contributed by atoms with E-state index in [1.807, 2.05) is 0 Å². The van der Waals surface area contributed by atoms with Crippen molar-refractivity contribution in [1.29, 1.82) is 0 Å². The molecule has 0 saturated heterocycles. The Hall–Kier alpha value is -4.17. The monoisotopic (exact) mass is 588 g/mol. The number of hydrogen-bond acceptors (Lipinski definition) is 10. The van der Waals surface area contributed by atoms with Gasteiger partial charge >= 0.3 is 41.5 Å². The number of aldehydes is 1. The summed E-state index contributed by atoms with van der Waals surface area (Å²) in [5, 5.41) is 14.4. The Morgan fingerprint density at radius 3 is 1.83 bits per heavy atom. The van der Waals surface area contributed by atoms with Gasteiger partial charge in [-0.25, -0.2) is 13.6 Å². The molecule has 0 unspecified atom stereocenters. The van der Waals surface area contributed by atoms with E-state index in [1.54, 1.807) is 6.92 Å². The molecule has 0 atom stereocenters. The van der Waals surface area contributed by atoms with Gasteiger partial charge in [0.05, 0.1) is 33.5 Å². The van der Waals surface area contributed by atoms with E-state index in [-0.39, 0.29) is 52.9 Å². The van der Waals surface area contributed by atoms with Crippen molar-refractivity contribution in [3.05, 3.63) is 85.7 Å². The van der Waals surface area contributed by atoms with Gasteiger partial charge in [0.1, 0.15) is 35.4 Å². The zero-order valence-electron chi connectivity index (χ0n) is 23.2. The molecule has 0 amide bonds. The molecule has 0 radical (unpaired) electrons. The second kappa shape index (κ2) is 26.1. The van der Waals surface area contributed by atoms with E-state index in [4.69, 9.17) is 25.6 Å². The fourth-order valence-electron chi connectivity index (χ4n) is 2.21. The van der Waals surface area contributed by atoms with Gasteiger partial charge in [0.25, 0.3) is 0 Å². The second-order valence-electron chi connectivity index (χ2n) is 6.30. The molecule has 17 heteroatoms. The third-order valence-corrected chi connectivity index (χ3v) is 3.95. The molecular weight excluding hydrogens is 561 g/mol. The molecule has 0 aromatic heterocycles. The first kappa shape index (κ1) is 41.3. The van der Waals surface area contributed by atoms with Crippen LogP contribution in [0.25, 0.3) is 27.0 Å². The molecule has 0 fully saturated rings. The summed E-state index contributed by atoms with van der Waals surface area (Å²) in [6.07, 6.45) is 1.56. The van der Waals surface area contributed by atoms with E-state index < -0.39 is 23.6 Å². The summed E-state index contributed by atoms with van der Waals surface area (Å²) < 4.78 is 44.7. The number of halogens is 2. The minimum Gasteiger partial charge on any atom is -0.857 e. The molecule has 2 aromatic carbocycles. The van der Waals surface area contributed by atoms with Gasteiger partial charge in [-0.1, -0.05) is 10.2 Å². The van der Waals surface area contributed by atoms with Crippen LogP contribution in [-0.4, -0.2) is 59.8 Å². The summed E-state index contributed by atoms with van der Waals surface area (Å²) in [4.78, 5) is 36.6. The normalized spacial score (nSPS) is 8.93. The van der Waals surface area contributed by atoms with Crippen LogP contribution in [0.5, 0.6) is 11.5 Å². The maximum absolute atomic E-state index is 13.6. The van der Waals surface area contributed by atoms with Gasteiger partial charge in [0.2, 0.25) is 0 Å². The van der Waals surface area contributed by atoms with Gasteiger partial charge < -0.3 is 24.1 Å². The van der Waals surface area contributed by atoms with Gasteiger partial charge in [0, 0.05) is 27.5 Å². The number of hydrogen-bond donors (Lipinski definition) is 0. The number of benzene rings is 2. The standard InChI is InChI=1S/C11H10FN3O3.C8H7FO2.C4H7N3O2.CH3O.Na/c1-17-8-4-3-7(9(12)6-8)5-10(14-15-13)11(16)18-2;1-11-7-3-2-6(5-10)8(9)4-7;1-2-9-4(8)3-6-7-5;1-2;/h3-6H,1-2H3;2-5H,1H3;2-3H2,1H3;1H3;/q;;;-1;+1/b10-5-;;;;. The Labute approximate surface area is 256 Å². The van der Waals surface area contributed by atoms with Crippen molar-refractivity contribution in [3.8, 4) is 11.5 Å². The van der Waals surface area contributed by atoms with Crippen LogP contribution in [0.4, 0.5) is 8.78 Å². The van der Waals surface area contributed by atoms with Crippen LogP contribution < -0.4 is 44.1 Å². The molecular formula is C24H27F2N6NaO8. The second-order valence-corrected chi connectivity index (χ2v) is 6.30. The Bertz CT molecular complexity index is 1240. The third kappa shape index (κ3) is 17.9. The van der Waals surface area contributed by atoms with Crippen LogP contribution in [0.3, 0.4) is 0 Å². The fraction of sp³-hybridized carbons (Fsp3) is 0.292. The van der Waals surface area contributed by atoms with Gasteiger partial charge in [-0.2, -0.15) is 7.11 Å². The molecule has 0 aliphatic rings. The van der Waals surface area contributed by atoms with Gasteiger partial charge in [0.15, 0.2) is 6.29 Å². The largest absolute Gasteiger partial charge is 1.00 e. The number of carbonyl (C=O) groups is 3. The maximum Gasteiger partial charge on any atom is 1.00 e. The topological polar surface area (TPSA) is 209 Å². The summed E-state index contributed by atoms with van der Waals surface area (Å²) in [5.74, 6) is -1.75. The number of methoxy groups -OCH3 is 3. The quantitative estimate of drug-likeness (QED) is 0.0787. The van der Waals surface area contributed by atoms with Crippen LogP contribution >= 0.6 is 0 Å². The van der Waals surface area contributed by atoms with Gasteiger partial charge in [-0.05, 0) is 48.3 Å². The average Bonchev–Trinajstić information content (AvgIpc) is 2.98. The summed E-state index contributed by atoms with van der Waals surface area (Å²) in [7, 11) is 4.73. The van der Waals surface area contributed by atoms with Crippen molar-refractivity contribution in [1.82, 2.24) is 0 Å². The molecule has 216 valence electrons. The van der Waals surface area contributed by atoms with E-state index >= 15 is 0 Å². The first-order chi connectivity index (χ1) is 19.2. The Balaban J connectivity index is -0.000000541.